The van der Waals surface area contributed by atoms with E-state index in [4.69, 9.17) is 0 Å². The zero-order valence-corrected chi connectivity index (χ0v) is 28.6. The average molecular weight is 699 g/mol. The molecule has 0 atom stereocenters. The molecule has 7 rings (SSSR count). The quantitative estimate of drug-likeness (QED) is 0.0791. The predicted octanol–water partition coefficient (Wildman–Crippen LogP) is 7.27. The molecule has 0 bridgehead atoms. The predicted molar refractivity (Wildman–Crippen MR) is 198 cm³/mol. The molecule has 6 heteroatoms. The third-order valence-corrected chi connectivity index (χ3v) is 11.7. The maximum atomic E-state index is 4.59. The second-order valence-corrected chi connectivity index (χ2v) is 14.5. The van der Waals surface area contributed by atoms with Crippen LogP contribution in [0.25, 0.3) is 0 Å². The van der Waals surface area contributed by atoms with E-state index in [2.05, 4.69) is 205 Å². The largest absolute Gasteiger partial charge is 1.00 e. The molecule has 0 fully saturated rings. The number of hydrogen-bond acceptors (Lipinski definition) is 3. The first-order valence-electron chi connectivity index (χ1n) is 14.6. The van der Waals surface area contributed by atoms with Gasteiger partial charge in [0.15, 0.2) is 0 Å². The first-order valence-corrected chi connectivity index (χ1v) is 17.7. The first-order chi connectivity index (χ1) is 22.3. The Morgan fingerprint density at radius 3 is 0.652 bits per heavy atom. The van der Waals surface area contributed by atoms with E-state index < -0.39 is 15.8 Å². The molecule has 1 heterocycles. The third-order valence-electron chi connectivity index (χ3n) is 6.63. The van der Waals surface area contributed by atoms with Crippen molar-refractivity contribution in [3.8, 4) is 0 Å². The average Bonchev–Trinajstić information content (AvgIpc) is 3.12. The summed E-state index contributed by atoms with van der Waals surface area (Å²) in [6, 6.07) is 66.4. The Hall–Kier alpha value is -4.00. The van der Waals surface area contributed by atoms with E-state index in [0.29, 0.717) is 5.16 Å². The van der Waals surface area contributed by atoms with Crippen molar-refractivity contribution in [2.45, 2.75) is 5.16 Å². The van der Waals surface area contributed by atoms with E-state index in [0.717, 1.165) is 0 Å². The number of nitrogens with zero attached hydrogens (tertiary/aromatic N) is 2. The van der Waals surface area contributed by atoms with Crippen LogP contribution in [0.4, 0.5) is 0 Å². The van der Waals surface area contributed by atoms with Crippen molar-refractivity contribution in [1.82, 2.24) is 9.97 Å². The summed E-state index contributed by atoms with van der Waals surface area (Å²) in [5.74, 6) is 0. The minimum atomic E-state index is -0.446. The minimum Gasteiger partial charge on any atom is -0.740 e. The summed E-state index contributed by atoms with van der Waals surface area (Å²) in [6.45, 7) is 0. The van der Waals surface area contributed by atoms with Gasteiger partial charge in [-0.25, -0.2) is 0 Å². The van der Waals surface area contributed by atoms with Crippen LogP contribution >= 0.6 is 15.8 Å². The van der Waals surface area contributed by atoms with Crippen molar-refractivity contribution in [1.29, 1.82) is 0 Å². The van der Waals surface area contributed by atoms with Crippen LogP contribution in [-0.2, 0) is 29.7 Å². The van der Waals surface area contributed by atoms with E-state index in [1.165, 1.54) is 31.8 Å². The van der Waals surface area contributed by atoms with E-state index in [1.807, 2.05) is 0 Å². The SMILES string of the molecule is [Cu+].[S-]c1ncccn1.c1ccc(P(c2ccccc2)c2ccccc2)cc1.c1ccc(P(c2ccccc2)c2ccccc2)cc1. The Morgan fingerprint density at radius 2 is 0.500 bits per heavy atom. The Kier molecular flexibility index (Phi) is 14.8. The second kappa shape index (κ2) is 19.5. The molecule has 0 aliphatic heterocycles. The molecule has 0 aliphatic rings. The second-order valence-electron chi connectivity index (χ2n) is 9.72. The van der Waals surface area contributed by atoms with Crippen LogP contribution < -0.4 is 31.8 Å². The van der Waals surface area contributed by atoms with Gasteiger partial charge in [0.05, 0.1) is 0 Å². The fourth-order valence-electron chi connectivity index (χ4n) is 4.64. The van der Waals surface area contributed by atoms with E-state index >= 15 is 0 Å². The minimum absolute atomic E-state index is 0. The van der Waals surface area contributed by atoms with Crippen molar-refractivity contribution in [3.05, 3.63) is 200 Å². The van der Waals surface area contributed by atoms with Crippen LogP contribution in [0.5, 0.6) is 0 Å². The van der Waals surface area contributed by atoms with Crippen molar-refractivity contribution >= 4 is 60.3 Å². The van der Waals surface area contributed by atoms with Crippen LogP contribution in [0.1, 0.15) is 0 Å². The summed E-state index contributed by atoms with van der Waals surface area (Å²) in [5, 5.41) is 8.79. The van der Waals surface area contributed by atoms with Crippen molar-refractivity contribution < 1.29 is 17.1 Å². The number of aromatic nitrogens is 2. The molecule has 0 saturated heterocycles. The van der Waals surface area contributed by atoms with Crippen molar-refractivity contribution in [2.24, 2.45) is 0 Å². The summed E-state index contributed by atoms with van der Waals surface area (Å²) < 4.78 is 0. The molecular weight excluding hydrogens is 666 g/mol. The van der Waals surface area contributed by atoms with Crippen molar-refractivity contribution in [2.75, 3.05) is 0 Å². The molecule has 0 N–H and O–H groups in total. The van der Waals surface area contributed by atoms with Gasteiger partial charge in [-0.3, -0.25) is 9.97 Å². The Morgan fingerprint density at radius 1 is 0.304 bits per heavy atom. The van der Waals surface area contributed by atoms with E-state index in [9.17, 15) is 0 Å². The van der Waals surface area contributed by atoms with Crippen molar-refractivity contribution in [3.63, 3.8) is 0 Å². The number of rotatable bonds is 6. The van der Waals surface area contributed by atoms with Gasteiger partial charge in [-0.15, -0.1) is 0 Å². The molecule has 0 aliphatic carbocycles. The Balaban J connectivity index is 0.000000170. The molecule has 230 valence electrons. The van der Waals surface area contributed by atoms with Gasteiger partial charge < -0.3 is 12.6 Å². The summed E-state index contributed by atoms with van der Waals surface area (Å²) in [7, 11) is -0.892. The molecule has 0 amide bonds. The van der Waals surface area contributed by atoms with Crippen LogP contribution in [0.2, 0.25) is 0 Å². The molecule has 0 saturated carbocycles. The number of benzene rings is 6. The smallest absolute Gasteiger partial charge is 0.740 e. The maximum absolute atomic E-state index is 4.59. The van der Waals surface area contributed by atoms with Gasteiger partial charge in [0.1, 0.15) is 0 Å². The number of hydrogen-bond donors (Lipinski definition) is 0. The maximum Gasteiger partial charge on any atom is 1.00 e. The molecule has 0 spiro atoms. The standard InChI is InChI=1S/2C18H15P.C4H4N2S.Cu/c2*1-4-10-16(11-5-1)19(17-12-6-2-7-13-17)18-14-8-3-9-15-18;7-4-5-2-1-3-6-4;/h2*1-15H;1-3H,(H,5,6,7);/q;;;+1/p-1. The molecule has 46 heavy (non-hydrogen) atoms. The molecule has 7 aromatic rings. The fourth-order valence-corrected chi connectivity index (χ4v) is 9.37. The fraction of sp³-hybridized carbons (Fsp3) is 0. The van der Waals surface area contributed by atoms with Gasteiger partial charge in [0, 0.05) is 17.6 Å². The molecule has 0 radical (unpaired) electrons. The molecule has 2 nitrogen and oxygen atoms in total. The first kappa shape index (κ1) is 34.9. The van der Waals surface area contributed by atoms with Gasteiger partial charge in [0.25, 0.3) is 0 Å². The zero-order valence-electron chi connectivity index (χ0n) is 25.1. The van der Waals surface area contributed by atoms with Gasteiger partial charge >= 0.3 is 17.1 Å². The Bertz CT molecular complexity index is 1480. The Labute approximate surface area is 291 Å². The van der Waals surface area contributed by atoms with Crippen LogP contribution in [-0.4, -0.2) is 9.97 Å². The van der Waals surface area contributed by atoms with Gasteiger partial charge in [-0.2, -0.15) is 0 Å². The van der Waals surface area contributed by atoms with E-state index in [1.54, 1.807) is 18.5 Å². The summed E-state index contributed by atoms with van der Waals surface area (Å²) >= 11 is 4.59. The van der Waals surface area contributed by atoms with Crippen LogP contribution in [0.15, 0.2) is 206 Å². The normalized spacial score (nSPS) is 10.0. The van der Waals surface area contributed by atoms with Crippen LogP contribution in [0, 0.1) is 0 Å². The zero-order chi connectivity index (χ0) is 30.9. The summed E-state index contributed by atoms with van der Waals surface area (Å²) in [6.07, 6.45) is 3.24. The topological polar surface area (TPSA) is 25.8 Å². The van der Waals surface area contributed by atoms with Crippen LogP contribution in [0.3, 0.4) is 0 Å². The molecular formula is C40H33CuN2P2S. The van der Waals surface area contributed by atoms with Gasteiger partial charge in [-0.05, 0) is 53.7 Å². The molecule has 1 aromatic heterocycles. The summed E-state index contributed by atoms with van der Waals surface area (Å²) in [4.78, 5) is 7.37. The monoisotopic (exact) mass is 698 g/mol. The molecule has 0 unspecified atom stereocenters. The third kappa shape index (κ3) is 10.5. The van der Waals surface area contributed by atoms with E-state index in [-0.39, 0.29) is 17.1 Å². The molecule has 6 aromatic carbocycles. The van der Waals surface area contributed by atoms with Gasteiger partial charge in [0.2, 0.25) is 0 Å². The summed E-state index contributed by atoms with van der Waals surface area (Å²) in [5.41, 5.74) is 0. The van der Waals surface area contributed by atoms with Gasteiger partial charge in [-0.1, -0.05) is 182 Å².